The summed E-state index contributed by atoms with van der Waals surface area (Å²) in [5.41, 5.74) is 1.14. The van der Waals surface area contributed by atoms with E-state index in [1.165, 1.54) is 32.1 Å². The van der Waals surface area contributed by atoms with Gasteiger partial charge in [0.1, 0.15) is 11.1 Å². The predicted octanol–water partition coefficient (Wildman–Crippen LogP) is 3.62. The van der Waals surface area contributed by atoms with Crippen LogP contribution in [-0.2, 0) is 11.3 Å². The SMILES string of the molecule is COc1ccc(CNC(=S)[C@@H](CCC2CCCCC2)NC(=O)C2NCCS2)cc1. The molecule has 1 aromatic rings. The summed E-state index contributed by atoms with van der Waals surface area (Å²) in [4.78, 5) is 13.4. The van der Waals surface area contributed by atoms with E-state index in [0.29, 0.717) is 6.54 Å². The standard InChI is InChI=1S/C22H33N3O2S2/c1-27-18-10-7-17(8-11-18)15-24-21(28)19(12-9-16-5-3-2-4-6-16)25-20(26)22-23-13-14-29-22/h7-8,10-11,16,19,22-23H,2-6,9,12-15H2,1H3,(H,24,28)(H,25,26)/t19-,22?/m1/s1. The molecule has 0 spiro atoms. The van der Waals surface area contributed by atoms with E-state index in [1.54, 1.807) is 18.9 Å². The van der Waals surface area contributed by atoms with Gasteiger partial charge in [0.05, 0.1) is 18.1 Å². The third kappa shape index (κ3) is 7.15. The van der Waals surface area contributed by atoms with Crippen molar-refractivity contribution in [3.63, 3.8) is 0 Å². The zero-order chi connectivity index (χ0) is 20.5. The van der Waals surface area contributed by atoms with E-state index in [-0.39, 0.29) is 17.3 Å². The van der Waals surface area contributed by atoms with Crippen molar-refractivity contribution < 1.29 is 9.53 Å². The minimum Gasteiger partial charge on any atom is -0.497 e. The van der Waals surface area contributed by atoms with Gasteiger partial charge in [-0.05, 0) is 36.5 Å². The molecule has 2 aliphatic rings. The third-order valence-electron chi connectivity index (χ3n) is 5.80. The van der Waals surface area contributed by atoms with Gasteiger partial charge in [0.25, 0.3) is 0 Å². The Labute approximate surface area is 184 Å². The molecule has 1 saturated heterocycles. The number of thioether (sulfide) groups is 1. The molecule has 1 aliphatic heterocycles. The maximum Gasteiger partial charge on any atom is 0.248 e. The monoisotopic (exact) mass is 435 g/mol. The molecule has 7 heteroatoms. The second kappa shape index (κ2) is 11.8. The molecule has 0 radical (unpaired) electrons. The van der Waals surface area contributed by atoms with E-state index >= 15 is 0 Å². The molecule has 1 unspecified atom stereocenters. The molecule has 1 heterocycles. The van der Waals surface area contributed by atoms with Crippen molar-refractivity contribution in [1.82, 2.24) is 16.0 Å². The van der Waals surface area contributed by atoms with Crippen LogP contribution in [0, 0.1) is 5.92 Å². The Morgan fingerprint density at radius 3 is 2.69 bits per heavy atom. The van der Waals surface area contributed by atoms with E-state index in [2.05, 4.69) is 16.0 Å². The number of ether oxygens (including phenoxy) is 1. The van der Waals surface area contributed by atoms with Crippen LogP contribution in [0.1, 0.15) is 50.5 Å². The Bertz CT molecular complexity index is 657. The fourth-order valence-corrected chi connectivity index (χ4v) is 5.22. The topological polar surface area (TPSA) is 62.4 Å². The van der Waals surface area contributed by atoms with E-state index in [9.17, 15) is 4.79 Å². The molecule has 1 aliphatic carbocycles. The molecule has 5 nitrogen and oxygen atoms in total. The maximum atomic E-state index is 12.7. The van der Waals surface area contributed by atoms with Gasteiger partial charge in [-0.25, -0.2) is 0 Å². The number of carbonyl (C=O) groups is 1. The number of benzene rings is 1. The zero-order valence-electron chi connectivity index (χ0n) is 17.2. The molecule has 29 heavy (non-hydrogen) atoms. The predicted molar refractivity (Wildman–Crippen MR) is 124 cm³/mol. The number of hydrogen-bond acceptors (Lipinski definition) is 5. The molecule has 1 amide bonds. The van der Waals surface area contributed by atoms with Crippen LogP contribution >= 0.6 is 24.0 Å². The summed E-state index contributed by atoms with van der Waals surface area (Å²) < 4.78 is 5.21. The summed E-state index contributed by atoms with van der Waals surface area (Å²) in [7, 11) is 1.67. The molecule has 1 aromatic carbocycles. The third-order valence-corrected chi connectivity index (χ3v) is 7.38. The lowest BCUT2D eigenvalue weighted by Gasteiger charge is -2.26. The van der Waals surface area contributed by atoms with Crippen molar-refractivity contribution in [3.05, 3.63) is 29.8 Å². The van der Waals surface area contributed by atoms with Gasteiger partial charge in [0.15, 0.2) is 0 Å². The number of carbonyl (C=O) groups excluding carboxylic acids is 1. The van der Waals surface area contributed by atoms with E-state index in [4.69, 9.17) is 17.0 Å². The first-order chi connectivity index (χ1) is 14.2. The average Bonchev–Trinajstić information content (AvgIpc) is 3.31. The highest BCUT2D eigenvalue weighted by molar-refractivity contribution is 8.00. The Hall–Kier alpha value is -1.31. The first-order valence-electron chi connectivity index (χ1n) is 10.7. The van der Waals surface area contributed by atoms with Gasteiger partial charge >= 0.3 is 0 Å². The zero-order valence-corrected chi connectivity index (χ0v) is 18.9. The lowest BCUT2D eigenvalue weighted by atomic mass is 9.85. The summed E-state index contributed by atoms with van der Waals surface area (Å²) in [6.45, 7) is 1.53. The van der Waals surface area contributed by atoms with Crippen LogP contribution in [0.15, 0.2) is 24.3 Å². The molecule has 2 atom stereocenters. The molecule has 0 aromatic heterocycles. The number of hydrogen-bond donors (Lipinski definition) is 3. The van der Waals surface area contributed by atoms with E-state index in [1.807, 2.05) is 24.3 Å². The summed E-state index contributed by atoms with van der Waals surface area (Å²) >= 11 is 7.37. The van der Waals surface area contributed by atoms with Crippen LogP contribution in [0.25, 0.3) is 0 Å². The quantitative estimate of drug-likeness (QED) is 0.515. The van der Waals surface area contributed by atoms with Crippen LogP contribution in [0.3, 0.4) is 0 Å². The molecule has 160 valence electrons. The Morgan fingerprint density at radius 1 is 1.28 bits per heavy atom. The van der Waals surface area contributed by atoms with Crippen LogP contribution in [-0.4, -0.2) is 41.7 Å². The van der Waals surface area contributed by atoms with Gasteiger partial charge in [-0.3, -0.25) is 10.1 Å². The van der Waals surface area contributed by atoms with Gasteiger partial charge in [-0.2, -0.15) is 0 Å². The molecule has 1 saturated carbocycles. The fraction of sp³-hybridized carbons (Fsp3) is 0.636. The lowest BCUT2D eigenvalue weighted by Crippen LogP contribution is -2.50. The second-order valence-corrected chi connectivity index (χ2v) is 9.57. The van der Waals surface area contributed by atoms with Crippen LogP contribution in [0.5, 0.6) is 5.75 Å². The van der Waals surface area contributed by atoms with Crippen LogP contribution in [0.2, 0.25) is 0 Å². The fourth-order valence-electron chi connectivity index (χ4n) is 4.04. The average molecular weight is 436 g/mol. The number of thiocarbonyl (C=S) groups is 1. The lowest BCUT2D eigenvalue weighted by molar-refractivity contribution is -0.121. The molecular formula is C22H33N3O2S2. The van der Waals surface area contributed by atoms with Gasteiger partial charge in [0.2, 0.25) is 5.91 Å². The van der Waals surface area contributed by atoms with Gasteiger partial charge in [-0.1, -0.05) is 56.5 Å². The minimum absolute atomic E-state index is 0.0507. The van der Waals surface area contributed by atoms with Gasteiger partial charge < -0.3 is 15.4 Å². The van der Waals surface area contributed by atoms with Crippen LogP contribution < -0.4 is 20.7 Å². The van der Waals surface area contributed by atoms with Crippen molar-refractivity contribution in [3.8, 4) is 5.75 Å². The Kier molecular flexibility index (Phi) is 9.08. The van der Waals surface area contributed by atoms with E-state index < -0.39 is 0 Å². The molecule has 3 rings (SSSR count). The highest BCUT2D eigenvalue weighted by Crippen LogP contribution is 2.28. The minimum atomic E-state index is -0.156. The number of methoxy groups -OCH3 is 1. The highest BCUT2D eigenvalue weighted by Gasteiger charge is 2.27. The van der Waals surface area contributed by atoms with Gasteiger partial charge in [-0.15, -0.1) is 11.8 Å². The summed E-state index contributed by atoms with van der Waals surface area (Å²) in [6.07, 6.45) is 8.69. The number of rotatable bonds is 9. The largest absolute Gasteiger partial charge is 0.497 e. The first kappa shape index (κ1) is 22.4. The Balaban J connectivity index is 1.55. The van der Waals surface area contributed by atoms with Crippen molar-refractivity contribution in [2.24, 2.45) is 5.92 Å². The Morgan fingerprint density at radius 2 is 2.03 bits per heavy atom. The summed E-state index contributed by atoms with van der Waals surface area (Å²) in [6, 6.07) is 7.85. The summed E-state index contributed by atoms with van der Waals surface area (Å²) in [5, 5.41) is 9.67. The van der Waals surface area contributed by atoms with Crippen molar-refractivity contribution in [1.29, 1.82) is 0 Å². The normalized spacial score (nSPS) is 20.8. The van der Waals surface area contributed by atoms with Crippen molar-refractivity contribution in [2.45, 2.75) is 62.9 Å². The number of amides is 1. The molecule has 2 fully saturated rings. The molecule has 3 N–H and O–H groups in total. The first-order valence-corrected chi connectivity index (χ1v) is 12.2. The molecular weight excluding hydrogens is 402 g/mol. The van der Waals surface area contributed by atoms with Crippen LogP contribution in [0.4, 0.5) is 0 Å². The second-order valence-electron chi connectivity index (χ2n) is 7.91. The van der Waals surface area contributed by atoms with Gasteiger partial charge in [0, 0.05) is 18.8 Å². The smallest absolute Gasteiger partial charge is 0.248 e. The van der Waals surface area contributed by atoms with Crippen molar-refractivity contribution in [2.75, 3.05) is 19.4 Å². The summed E-state index contributed by atoms with van der Waals surface area (Å²) in [5.74, 6) is 2.64. The maximum absolute atomic E-state index is 12.7. The van der Waals surface area contributed by atoms with E-state index in [0.717, 1.165) is 47.4 Å². The van der Waals surface area contributed by atoms with Crippen molar-refractivity contribution >= 4 is 34.9 Å². The number of nitrogens with one attached hydrogen (secondary N) is 3. The molecule has 0 bridgehead atoms. The highest BCUT2D eigenvalue weighted by atomic mass is 32.2.